The number of hydrogen-bond donors (Lipinski definition) is 2. The second-order valence-corrected chi connectivity index (χ2v) is 12.5. The SMILES string of the molecule is CCCCCC=CCC1C(CCCCCC)C=CC(CCCCCCCC(=O)O)C1CCCCCCCC(=O)O. The van der Waals surface area contributed by atoms with Gasteiger partial charge in [0, 0.05) is 12.8 Å². The smallest absolute Gasteiger partial charge is 0.303 e. The van der Waals surface area contributed by atoms with E-state index >= 15 is 0 Å². The zero-order valence-corrected chi connectivity index (χ0v) is 26.3. The molecule has 40 heavy (non-hydrogen) atoms. The third-order valence-corrected chi connectivity index (χ3v) is 9.05. The van der Waals surface area contributed by atoms with Crippen LogP contribution in [0.2, 0.25) is 0 Å². The molecule has 0 fully saturated rings. The molecule has 1 aliphatic rings. The Balaban J connectivity index is 2.78. The quantitative estimate of drug-likeness (QED) is 0.0774. The molecule has 4 heteroatoms. The Morgan fingerprint density at radius 3 is 1.55 bits per heavy atom. The molecule has 4 unspecified atom stereocenters. The standard InChI is InChI=1S/C36H64O4/c1-3-5-7-9-13-19-25-33-31(23-17-8-6-4-2)29-30-32(24-18-12-10-15-21-27-35(37)38)34(33)26-20-14-11-16-22-28-36(39)40/h13,19,29-34H,3-12,14-18,20-28H2,1-2H3,(H,37,38)(H,39,40). The predicted molar refractivity (Wildman–Crippen MR) is 170 cm³/mol. The number of allylic oxidation sites excluding steroid dienone is 4. The summed E-state index contributed by atoms with van der Waals surface area (Å²) in [6, 6.07) is 0. The van der Waals surface area contributed by atoms with E-state index in [1.165, 1.54) is 103 Å². The van der Waals surface area contributed by atoms with E-state index in [1.54, 1.807) is 0 Å². The average Bonchev–Trinajstić information content (AvgIpc) is 2.92. The largest absolute Gasteiger partial charge is 0.481 e. The zero-order valence-electron chi connectivity index (χ0n) is 26.3. The van der Waals surface area contributed by atoms with Crippen LogP contribution in [0.3, 0.4) is 0 Å². The summed E-state index contributed by atoms with van der Waals surface area (Å²) in [5, 5.41) is 17.8. The van der Waals surface area contributed by atoms with Gasteiger partial charge in [0.05, 0.1) is 0 Å². The number of aliphatic carboxylic acids is 2. The van der Waals surface area contributed by atoms with E-state index in [-0.39, 0.29) is 0 Å². The fourth-order valence-electron chi connectivity index (χ4n) is 6.67. The summed E-state index contributed by atoms with van der Waals surface area (Å²) in [5.41, 5.74) is 0. The van der Waals surface area contributed by atoms with E-state index in [0.29, 0.717) is 24.7 Å². The lowest BCUT2D eigenvalue weighted by Gasteiger charge is -2.40. The van der Waals surface area contributed by atoms with Crippen molar-refractivity contribution in [2.24, 2.45) is 23.7 Å². The lowest BCUT2D eigenvalue weighted by Crippen LogP contribution is -2.31. The lowest BCUT2D eigenvalue weighted by molar-refractivity contribution is -0.138. The van der Waals surface area contributed by atoms with Crippen LogP contribution in [0.25, 0.3) is 0 Å². The first kappa shape index (κ1) is 36.4. The molecular formula is C36H64O4. The van der Waals surface area contributed by atoms with Crippen LogP contribution in [0.15, 0.2) is 24.3 Å². The number of carboxylic acids is 2. The van der Waals surface area contributed by atoms with E-state index in [9.17, 15) is 9.59 Å². The number of rotatable bonds is 27. The van der Waals surface area contributed by atoms with E-state index in [1.807, 2.05) is 0 Å². The second-order valence-electron chi connectivity index (χ2n) is 12.5. The summed E-state index contributed by atoms with van der Waals surface area (Å²) < 4.78 is 0. The highest BCUT2D eigenvalue weighted by Gasteiger charge is 2.34. The van der Waals surface area contributed by atoms with Gasteiger partial charge in [0.2, 0.25) is 0 Å². The van der Waals surface area contributed by atoms with Gasteiger partial charge in [0.15, 0.2) is 0 Å². The maximum atomic E-state index is 10.8. The van der Waals surface area contributed by atoms with Crippen LogP contribution in [0, 0.1) is 23.7 Å². The van der Waals surface area contributed by atoms with Crippen molar-refractivity contribution in [2.75, 3.05) is 0 Å². The Kier molecular flexibility index (Phi) is 22.9. The molecule has 4 nitrogen and oxygen atoms in total. The molecule has 232 valence electrons. The summed E-state index contributed by atoms with van der Waals surface area (Å²) in [5.74, 6) is 1.50. The highest BCUT2D eigenvalue weighted by atomic mass is 16.4. The first-order valence-corrected chi connectivity index (χ1v) is 17.3. The minimum Gasteiger partial charge on any atom is -0.481 e. The molecule has 0 aromatic carbocycles. The minimum absolute atomic E-state index is 0.303. The van der Waals surface area contributed by atoms with Crippen molar-refractivity contribution < 1.29 is 19.8 Å². The summed E-state index contributed by atoms with van der Waals surface area (Å²) in [6.45, 7) is 4.56. The van der Waals surface area contributed by atoms with Gasteiger partial charge >= 0.3 is 11.9 Å². The molecule has 2 N–H and O–H groups in total. The normalized spacial score (nSPS) is 20.9. The third kappa shape index (κ3) is 18.7. The van der Waals surface area contributed by atoms with Crippen LogP contribution in [0.1, 0.15) is 168 Å². The number of carbonyl (C=O) groups is 2. The van der Waals surface area contributed by atoms with Gasteiger partial charge in [-0.1, -0.05) is 128 Å². The number of hydrogen-bond acceptors (Lipinski definition) is 2. The molecule has 0 aliphatic heterocycles. The van der Waals surface area contributed by atoms with Gasteiger partial charge in [-0.25, -0.2) is 0 Å². The van der Waals surface area contributed by atoms with Crippen LogP contribution < -0.4 is 0 Å². The van der Waals surface area contributed by atoms with Crippen molar-refractivity contribution in [1.82, 2.24) is 0 Å². The number of unbranched alkanes of at least 4 members (excludes halogenated alkanes) is 14. The van der Waals surface area contributed by atoms with Crippen LogP contribution in [-0.2, 0) is 9.59 Å². The van der Waals surface area contributed by atoms with Crippen molar-refractivity contribution in [3.8, 4) is 0 Å². The van der Waals surface area contributed by atoms with Gasteiger partial charge in [-0.3, -0.25) is 9.59 Å². The first-order chi connectivity index (χ1) is 19.5. The molecule has 0 saturated carbocycles. The predicted octanol–water partition coefficient (Wildman–Crippen LogP) is 11.1. The molecule has 0 heterocycles. The molecule has 0 saturated heterocycles. The fraction of sp³-hybridized carbons (Fsp3) is 0.833. The monoisotopic (exact) mass is 560 g/mol. The Labute approximate surface area is 247 Å². The highest BCUT2D eigenvalue weighted by Crippen LogP contribution is 2.44. The lowest BCUT2D eigenvalue weighted by atomic mass is 9.65. The van der Waals surface area contributed by atoms with Gasteiger partial charge in [0.1, 0.15) is 0 Å². The molecule has 0 radical (unpaired) electrons. The molecule has 1 rings (SSSR count). The third-order valence-electron chi connectivity index (χ3n) is 9.05. The van der Waals surface area contributed by atoms with E-state index in [2.05, 4.69) is 38.2 Å². The molecule has 0 aromatic heterocycles. The van der Waals surface area contributed by atoms with Crippen molar-refractivity contribution in [3.05, 3.63) is 24.3 Å². The van der Waals surface area contributed by atoms with Crippen molar-refractivity contribution >= 4 is 11.9 Å². The van der Waals surface area contributed by atoms with Crippen LogP contribution >= 0.6 is 0 Å². The van der Waals surface area contributed by atoms with Crippen molar-refractivity contribution in [1.29, 1.82) is 0 Å². The summed E-state index contributed by atoms with van der Waals surface area (Å²) in [4.78, 5) is 21.6. The second kappa shape index (κ2) is 25.2. The Morgan fingerprint density at radius 2 is 1.00 bits per heavy atom. The maximum absolute atomic E-state index is 10.8. The van der Waals surface area contributed by atoms with Gasteiger partial charge < -0.3 is 10.2 Å². The highest BCUT2D eigenvalue weighted by molar-refractivity contribution is 5.66. The van der Waals surface area contributed by atoms with E-state index < -0.39 is 11.9 Å². The number of carboxylic acid groups (broad SMARTS) is 2. The Bertz CT molecular complexity index is 682. The molecule has 0 bridgehead atoms. The fourth-order valence-corrected chi connectivity index (χ4v) is 6.67. The van der Waals surface area contributed by atoms with Gasteiger partial charge in [0.25, 0.3) is 0 Å². The molecular weight excluding hydrogens is 496 g/mol. The zero-order chi connectivity index (χ0) is 29.3. The molecule has 1 aliphatic carbocycles. The maximum Gasteiger partial charge on any atom is 0.303 e. The van der Waals surface area contributed by atoms with Gasteiger partial charge in [-0.05, 0) is 75.0 Å². The first-order valence-electron chi connectivity index (χ1n) is 17.3. The Hall–Kier alpha value is -1.58. The van der Waals surface area contributed by atoms with Crippen LogP contribution in [-0.4, -0.2) is 22.2 Å². The molecule has 0 amide bonds. The Morgan fingerprint density at radius 1 is 0.550 bits per heavy atom. The van der Waals surface area contributed by atoms with Crippen molar-refractivity contribution in [3.63, 3.8) is 0 Å². The summed E-state index contributed by atoms with van der Waals surface area (Å²) in [7, 11) is 0. The molecule has 0 spiro atoms. The minimum atomic E-state index is -0.674. The molecule has 4 atom stereocenters. The topological polar surface area (TPSA) is 74.6 Å². The summed E-state index contributed by atoms with van der Waals surface area (Å²) in [6.07, 6.45) is 37.2. The van der Waals surface area contributed by atoms with Crippen molar-refractivity contribution in [2.45, 2.75) is 168 Å². The molecule has 0 aromatic rings. The van der Waals surface area contributed by atoms with Crippen LogP contribution in [0.4, 0.5) is 0 Å². The van der Waals surface area contributed by atoms with Crippen LogP contribution in [0.5, 0.6) is 0 Å². The van der Waals surface area contributed by atoms with E-state index in [4.69, 9.17) is 10.2 Å². The average molecular weight is 561 g/mol. The van der Waals surface area contributed by atoms with Gasteiger partial charge in [-0.15, -0.1) is 0 Å². The van der Waals surface area contributed by atoms with E-state index in [0.717, 1.165) is 50.4 Å². The van der Waals surface area contributed by atoms with Gasteiger partial charge in [-0.2, -0.15) is 0 Å². The summed E-state index contributed by atoms with van der Waals surface area (Å²) >= 11 is 0.